The minimum atomic E-state index is -0.471. The van der Waals surface area contributed by atoms with Gasteiger partial charge in [0.1, 0.15) is 16.3 Å². The Morgan fingerprint density at radius 2 is 2.12 bits per heavy atom. The molecule has 0 spiro atoms. The third kappa shape index (κ3) is 4.30. The molecule has 1 aliphatic heterocycles. The van der Waals surface area contributed by atoms with E-state index in [1.54, 1.807) is 0 Å². The summed E-state index contributed by atoms with van der Waals surface area (Å²) in [7, 11) is 0. The maximum atomic E-state index is 12.1. The van der Waals surface area contributed by atoms with Crippen molar-refractivity contribution in [3.8, 4) is 0 Å². The van der Waals surface area contributed by atoms with Gasteiger partial charge in [-0.2, -0.15) is 0 Å². The van der Waals surface area contributed by atoms with Crippen molar-refractivity contribution < 1.29 is 14.4 Å². The van der Waals surface area contributed by atoms with Crippen molar-refractivity contribution in [2.24, 2.45) is 17.0 Å². The van der Waals surface area contributed by atoms with Crippen LogP contribution in [0.4, 0.5) is 0 Å². The molecule has 0 aromatic carbocycles. The van der Waals surface area contributed by atoms with Crippen LogP contribution in [-0.2, 0) is 14.4 Å². The molecule has 98 valence electrons. The first-order chi connectivity index (χ1) is 7.70. The number of halogens is 1. The maximum Gasteiger partial charge on any atom is 0.313 e. The molecule has 17 heavy (non-hydrogen) atoms. The summed E-state index contributed by atoms with van der Waals surface area (Å²) in [4.78, 5) is 17.4. The van der Waals surface area contributed by atoms with E-state index >= 15 is 0 Å². The summed E-state index contributed by atoms with van der Waals surface area (Å²) in [6, 6.07) is 0. The van der Waals surface area contributed by atoms with Gasteiger partial charge < -0.3 is 9.57 Å². The molecule has 5 heteroatoms. The lowest BCUT2D eigenvalue weighted by atomic mass is 9.89. The van der Waals surface area contributed by atoms with Gasteiger partial charge in [-0.15, -0.1) is 0 Å². The van der Waals surface area contributed by atoms with Crippen LogP contribution in [0.2, 0.25) is 0 Å². The fraction of sp³-hybridized carbons (Fsp3) is 0.833. The van der Waals surface area contributed by atoms with E-state index in [0.29, 0.717) is 6.42 Å². The quantitative estimate of drug-likeness (QED) is 0.753. The van der Waals surface area contributed by atoms with E-state index in [1.165, 1.54) is 0 Å². The number of nitrogens with zero attached hydrogens (tertiary/aromatic N) is 1. The molecular weight excluding hydrogens is 286 g/mol. The molecule has 0 saturated heterocycles. The van der Waals surface area contributed by atoms with Gasteiger partial charge in [0.25, 0.3) is 0 Å². The Morgan fingerprint density at radius 1 is 1.53 bits per heavy atom. The fourth-order valence-corrected chi connectivity index (χ4v) is 2.18. The van der Waals surface area contributed by atoms with E-state index in [1.807, 2.05) is 34.6 Å². The molecule has 0 amide bonds. The third-order valence-electron chi connectivity index (χ3n) is 2.45. The Morgan fingerprint density at radius 3 is 2.47 bits per heavy atom. The monoisotopic (exact) mass is 305 g/mol. The lowest BCUT2D eigenvalue weighted by molar-refractivity contribution is -0.167. The summed E-state index contributed by atoms with van der Waals surface area (Å²) in [6.07, 6.45) is 0.404. The molecule has 0 aliphatic carbocycles. The third-order valence-corrected chi connectivity index (χ3v) is 2.92. The number of hydrogen-bond acceptors (Lipinski definition) is 4. The topological polar surface area (TPSA) is 47.9 Å². The maximum absolute atomic E-state index is 12.1. The first-order valence-electron chi connectivity index (χ1n) is 5.82. The Hall–Kier alpha value is -0.580. The Bertz CT molecular complexity index is 320. The molecule has 2 atom stereocenters. The number of ether oxygens (including phenoxy) is 1. The molecule has 0 aromatic rings. The Kier molecular flexibility index (Phi) is 4.58. The highest BCUT2D eigenvalue weighted by Crippen LogP contribution is 2.29. The zero-order chi connectivity index (χ0) is 13.2. The average molecular weight is 306 g/mol. The van der Waals surface area contributed by atoms with Crippen LogP contribution < -0.4 is 0 Å². The second-order valence-electron chi connectivity index (χ2n) is 5.62. The molecule has 0 N–H and O–H groups in total. The van der Waals surface area contributed by atoms with Crippen molar-refractivity contribution >= 4 is 26.5 Å². The van der Waals surface area contributed by atoms with Crippen LogP contribution >= 0.6 is 15.9 Å². The van der Waals surface area contributed by atoms with E-state index < -0.39 is 5.60 Å². The van der Waals surface area contributed by atoms with Gasteiger partial charge in [-0.05, 0) is 42.6 Å². The minimum absolute atomic E-state index is 0.156. The molecule has 0 radical (unpaired) electrons. The van der Waals surface area contributed by atoms with Crippen molar-refractivity contribution in [3.63, 3.8) is 0 Å². The largest absolute Gasteiger partial charge is 0.460 e. The van der Waals surface area contributed by atoms with Gasteiger partial charge in [0.05, 0.1) is 5.92 Å². The van der Waals surface area contributed by atoms with Crippen LogP contribution in [-0.4, -0.2) is 22.3 Å². The summed E-state index contributed by atoms with van der Waals surface area (Å²) in [6.45, 7) is 9.58. The normalized spacial score (nSPS) is 22.1. The number of hydrogen-bond donors (Lipinski definition) is 0. The summed E-state index contributed by atoms with van der Waals surface area (Å²) >= 11 is 3.28. The number of oxime groups is 1. The van der Waals surface area contributed by atoms with Crippen LogP contribution in [0.15, 0.2) is 5.16 Å². The standard InChI is InChI=1S/C12H20BrNO3/c1-7(2)10(8-6-9(13)14-17-8)11(15)16-12(3,4)5/h7-8,10H,6H2,1-5H3. The number of carbonyl (C=O) groups excluding carboxylic acids is 1. The van der Waals surface area contributed by atoms with Crippen molar-refractivity contribution in [2.45, 2.75) is 52.7 Å². The van der Waals surface area contributed by atoms with Crippen molar-refractivity contribution in [1.29, 1.82) is 0 Å². The van der Waals surface area contributed by atoms with E-state index in [-0.39, 0.29) is 23.9 Å². The van der Waals surface area contributed by atoms with Gasteiger partial charge in [0.2, 0.25) is 0 Å². The van der Waals surface area contributed by atoms with Gasteiger partial charge in [0, 0.05) is 6.42 Å². The predicted molar refractivity (Wildman–Crippen MR) is 70.0 cm³/mol. The highest BCUT2D eigenvalue weighted by Gasteiger charge is 2.38. The molecule has 1 rings (SSSR count). The number of rotatable bonds is 3. The SMILES string of the molecule is CC(C)C(C(=O)OC(C)(C)C)C1CC(Br)=NO1. The molecule has 1 heterocycles. The lowest BCUT2D eigenvalue weighted by Gasteiger charge is -2.28. The van der Waals surface area contributed by atoms with E-state index in [0.717, 1.165) is 4.62 Å². The van der Waals surface area contributed by atoms with Gasteiger partial charge in [-0.1, -0.05) is 19.0 Å². The second kappa shape index (κ2) is 5.38. The van der Waals surface area contributed by atoms with Crippen LogP contribution in [0.1, 0.15) is 41.0 Å². The minimum Gasteiger partial charge on any atom is -0.460 e. The zero-order valence-electron chi connectivity index (χ0n) is 11.0. The molecule has 0 aromatic heterocycles. The van der Waals surface area contributed by atoms with E-state index in [4.69, 9.17) is 9.57 Å². The molecular formula is C12H20BrNO3. The predicted octanol–water partition coefficient (Wildman–Crippen LogP) is 3.10. The molecule has 1 aliphatic rings. The van der Waals surface area contributed by atoms with Gasteiger partial charge >= 0.3 is 5.97 Å². The molecule has 0 saturated carbocycles. The first kappa shape index (κ1) is 14.5. The van der Waals surface area contributed by atoms with Gasteiger partial charge in [-0.25, -0.2) is 0 Å². The van der Waals surface area contributed by atoms with Crippen LogP contribution in [0.3, 0.4) is 0 Å². The van der Waals surface area contributed by atoms with Crippen LogP contribution in [0.25, 0.3) is 0 Å². The van der Waals surface area contributed by atoms with Crippen molar-refractivity contribution in [2.75, 3.05) is 0 Å². The van der Waals surface area contributed by atoms with Crippen molar-refractivity contribution in [3.05, 3.63) is 0 Å². The summed E-state index contributed by atoms with van der Waals surface area (Å²) < 4.78 is 6.17. The second-order valence-corrected chi connectivity index (χ2v) is 6.53. The molecule has 4 nitrogen and oxygen atoms in total. The fourth-order valence-electron chi connectivity index (χ4n) is 1.78. The highest BCUT2D eigenvalue weighted by atomic mass is 79.9. The molecule has 0 fully saturated rings. The summed E-state index contributed by atoms with van der Waals surface area (Å²) in [5.74, 6) is -0.341. The highest BCUT2D eigenvalue weighted by molar-refractivity contribution is 9.18. The van der Waals surface area contributed by atoms with Gasteiger partial charge in [0.15, 0.2) is 0 Å². The number of esters is 1. The van der Waals surface area contributed by atoms with Crippen LogP contribution in [0.5, 0.6) is 0 Å². The summed E-state index contributed by atoms with van der Waals surface area (Å²) in [5.41, 5.74) is -0.471. The summed E-state index contributed by atoms with van der Waals surface area (Å²) in [5, 5.41) is 3.83. The average Bonchev–Trinajstić information content (AvgIpc) is 2.47. The Balaban J connectivity index is 2.70. The van der Waals surface area contributed by atoms with E-state index in [2.05, 4.69) is 21.1 Å². The first-order valence-corrected chi connectivity index (χ1v) is 6.61. The lowest BCUT2D eigenvalue weighted by Crippen LogP contribution is -2.38. The van der Waals surface area contributed by atoms with E-state index in [9.17, 15) is 4.79 Å². The van der Waals surface area contributed by atoms with Crippen molar-refractivity contribution in [1.82, 2.24) is 0 Å². The Labute approximate surface area is 111 Å². The van der Waals surface area contributed by atoms with Gasteiger partial charge in [-0.3, -0.25) is 4.79 Å². The van der Waals surface area contributed by atoms with Crippen LogP contribution in [0, 0.1) is 11.8 Å². The molecule has 0 bridgehead atoms. The smallest absolute Gasteiger partial charge is 0.313 e. The molecule has 2 unspecified atom stereocenters. The number of carbonyl (C=O) groups is 1. The zero-order valence-corrected chi connectivity index (χ0v) is 12.6.